The molecule has 1 rings (SSSR count). The molecule has 0 atom stereocenters. The van der Waals surface area contributed by atoms with Crippen molar-refractivity contribution >= 4 is 22.0 Å². The van der Waals surface area contributed by atoms with Crippen LogP contribution in [0.15, 0.2) is 36.4 Å². The Hall–Kier alpha value is -0.560. The highest BCUT2D eigenvalue weighted by molar-refractivity contribution is 9.09. The Bertz CT molecular complexity index is 277. The van der Waals surface area contributed by atoms with Gasteiger partial charge < -0.3 is 0 Å². The Labute approximate surface area is 108 Å². The van der Waals surface area contributed by atoms with Crippen molar-refractivity contribution < 1.29 is 0 Å². The minimum atomic E-state index is 1.15. The van der Waals surface area contributed by atoms with Crippen molar-refractivity contribution in [3.05, 3.63) is 42.0 Å². The molecule has 1 aromatic carbocycles. The van der Waals surface area contributed by atoms with Crippen molar-refractivity contribution in [2.45, 2.75) is 38.5 Å². The zero-order chi connectivity index (χ0) is 11.5. The summed E-state index contributed by atoms with van der Waals surface area (Å²) in [5, 5.41) is 1.15. The Morgan fingerprint density at radius 3 is 2.31 bits per heavy atom. The number of unbranched alkanes of at least 4 members (excludes halogenated alkanes) is 5. The molecule has 0 saturated carbocycles. The maximum atomic E-state index is 3.46. The van der Waals surface area contributed by atoms with E-state index in [-0.39, 0.29) is 0 Å². The van der Waals surface area contributed by atoms with E-state index < -0.39 is 0 Å². The Kier molecular flexibility index (Phi) is 8.15. The van der Waals surface area contributed by atoms with Crippen LogP contribution in [0.5, 0.6) is 0 Å². The molecule has 0 radical (unpaired) electrons. The van der Waals surface area contributed by atoms with Gasteiger partial charge in [0, 0.05) is 5.33 Å². The number of benzene rings is 1. The van der Waals surface area contributed by atoms with Crippen molar-refractivity contribution in [2.24, 2.45) is 0 Å². The van der Waals surface area contributed by atoms with Crippen LogP contribution in [0.4, 0.5) is 0 Å². The van der Waals surface area contributed by atoms with Crippen LogP contribution < -0.4 is 0 Å². The summed E-state index contributed by atoms with van der Waals surface area (Å²) in [4.78, 5) is 0. The Morgan fingerprint density at radius 1 is 0.875 bits per heavy atom. The zero-order valence-corrected chi connectivity index (χ0v) is 11.5. The van der Waals surface area contributed by atoms with Crippen LogP contribution in [-0.4, -0.2) is 5.33 Å². The van der Waals surface area contributed by atoms with Crippen LogP contribution in [0, 0.1) is 0 Å². The van der Waals surface area contributed by atoms with Crippen LogP contribution in [0.1, 0.15) is 44.1 Å². The molecule has 0 unspecified atom stereocenters. The molecule has 0 aromatic heterocycles. The summed E-state index contributed by atoms with van der Waals surface area (Å²) >= 11 is 3.46. The molecule has 1 heteroatoms. The predicted molar refractivity (Wildman–Crippen MR) is 77.0 cm³/mol. The van der Waals surface area contributed by atoms with E-state index in [2.05, 4.69) is 58.4 Å². The molecule has 0 aliphatic heterocycles. The second kappa shape index (κ2) is 9.65. The number of hydrogen-bond acceptors (Lipinski definition) is 0. The molecule has 16 heavy (non-hydrogen) atoms. The molecule has 0 bridgehead atoms. The van der Waals surface area contributed by atoms with E-state index in [9.17, 15) is 0 Å². The van der Waals surface area contributed by atoms with Crippen LogP contribution in [-0.2, 0) is 0 Å². The third kappa shape index (κ3) is 6.84. The van der Waals surface area contributed by atoms with Gasteiger partial charge in [-0.1, -0.05) is 77.7 Å². The lowest BCUT2D eigenvalue weighted by atomic mass is 10.1. The lowest BCUT2D eigenvalue weighted by Gasteiger charge is -1.97. The van der Waals surface area contributed by atoms with Crippen molar-refractivity contribution in [3.8, 4) is 0 Å². The predicted octanol–water partition coefficient (Wildman–Crippen LogP) is 5.44. The number of allylic oxidation sites excluding steroid dienone is 1. The summed E-state index contributed by atoms with van der Waals surface area (Å²) in [6.07, 6.45) is 12.5. The fraction of sp³-hybridized carbons (Fsp3) is 0.467. The maximum Gasteiger partial charge on any atom is 0.00313 e. The molecule has 0 spiro atoms. The molecule has 0 amide bonds. The van der Waals surface area contributed by atoms with E-state index in [0.29, 0.717) is 0 Å². The molecule has 0 nitrogen and oxygen atoms in total. The highest BCUT2D eigenvalue weighted by atomic mass is 79.9. The van der Waals surface area contributed by atoms with E-state index in [1.54, 1.807) is 0 Å². The van der Waals surface area contributed by atoms with Gasteiger partial charge in [0.1, 0.15) is 0 Å². The number of alkyl halides is 1. The Balaban J connectivity index is 2.01. The lowest BCUT2D eigenvalue weighted by molar-refractivity contribution is 0.641. The van der Waals surface area contributed by atoms with Gasteiger partial charge in [-0.3, -0.25) is 0 Å². The lowest BCUT2D eigenvalue weighted by Crippen LogP contribution is -1.79. The Morgan fingerprint density at radius 2 is 1.56 bits per heavy atom. The fourth-order valence-electron chi connectivity index (χ4n) is 1.67. The summed E-state index contributed by atoms with van der Waals surface area (Å²) in [6, 6.07) is 10.5. The summed E-state index contributed by atoms with van der Waals surface area (Å²) in [5.74, 6) is 0. The summed E-state index contributed by atoms with van der Waals surface area (Å²) in [6.45, 7) is 0. The van der Waals surface area contributed by atoms with Crippen molar-refractivity contribution in [1.82, 2.24) is 0 Å². The zero-order valence-electron chi connectivity index (χ0n) is 9.87. The molecule has 0 fully saturated rings. The van der Waals surface area contributed by atoms with Gasteiger partial charge in [0.15, 0.2) is 0 Å². The van der Waals surface area contributed by atoms with Gasteiger partial charge in [-0.25, -0.2) is 0 Å². The third-order valence-corrected chi connectivity index (χ3v) is 3.18. The van der Waals surface area contributed by atoms with Gasteiger partial charge in [0.2, 0.25) is 0 Å². The molecule has 0 aliphatic carbocycles. The summed E-state index contributed by atoms with van der Waals surface area (Å²) in [7, 11) is 0. The normalized spacial score (nSPS) is 11.1. The third-order valence-electron chi connectivity index (χ3n) is 2.61. The SMILES string of the molecule is BrCCCCCCCC=Cc1ccccc1. The van der Waals surface area contributed by atoms with Crippen molar-refractivity contribution in [2.75, 3.05) is 5.33 Å². The molecule has 0 heterocycles. The smallest absolute Gasteiger partial charge is 0.00313 e. The van der Waals surface area contributed by atoms with Crippen LogP contribution >= 0.6 is 15.9 Å². The van der Waals surface area contributed by atoms with Crippen molar-refractivity contribution in [1.29, 1.82) is 0 Å². The number of halogens is 1. The molecular weight excluding hydrogens is 260 g/mol. The monoisotopic (exact) mass is 280 g/mol. The van der Waals surface area contributed by atoms with Crippen molar-refractivity contribution in [3.63, 3.8) is 0 Å². The molecule has 88 valence electrons. The van der Waals surface area contributed by atoms with E-state index in [1.807, 2.05) is 0 Å². The number of hydrogen-bond donors (Lipinski definition) is 0. The van der Waals surface area contributed by atoms with Gasteiger partial charge in [-0.05, 0) is 24.8 Å². The van der Waals surface area contributed by atoms with Crippen LogP contribution in [0.2, 0.25) is 0 Å². The first-order chi connectivity index (χ1) is 7.93. The second-order valence-electron chi connectivity index (χ2n) is 4.06. The molecular formula is C15H21Br. The molecule has 0 saturated heterocycles. The van der Waals surface area contributed by atoms with E-state index in [4.69, 9.17) is 0 Å². The van der Waals surface area contributed by atoms with E-state index in [0.717, 1.165) is 5.33 Å². The largest absolute Gasteiger partial charge is 0.0928 e. The fourth-order valence-corrected chi connectivity index (χ4v) is 2.07. The van der Waals surface area contributed by atoms with Gasteiger partial charge in [-0.15, -0.1) is 0 Å². The first kappa shape index (κ1) is 13.5. The van der Waals surface area contributed by atoms with E-state index >= 15 is 0 Å². The van der Waals surface area contributed by atoms with Gasteiger partial charge in [0.05, 0.1) is 0 Å². The standard InChI is InChI=1S/C15H21Br/c16-14-10-5-3-1-2-4-7-11-15-12-8-6-9-13-15/h6-9,11-13H,1-5,10,14H2. The van der Waals surface area contributed by atoms with Crippen LogP contribution in [0.3, 0.4) is 0 Å². The summed E-state index contributed by atoms with van der Waals surface area (Å²) < 4.78 is 0. The minimum Gasteiger partial charge on any atom is -0.0928 e. The van der Waals surface area contributed by atoms with Gasteiger partial charge in [-0.2, -0.15) is 0 Å². The van der Waals surface area contributed by atoms with Gasteiger partial charge >= 0.3 is 0 Å². The molecule has 0 aliphatic rings. The average molecular weight is 281 g/mol. The molecule has 1 aromatic rings. The minimum absolute atomic E-state index is 1.15. The van der Waals surface area contributed by atoms with Gasteiger partial charge in [0.25, 0.3) is 0 Å². The first-order valence-electron chi connectivity index (χ1n) is 6.21. The number of rotatable bonds is 8. The maximum absolute atomic E-state index is 3.46. The van der Waals surface area contributed by atoms with Crippen LogP contribution in [0.25, 0.3) is 6.08 Å². The average Bonchev–Trinajstić information content (AvgIpc) is 2.34. The summed E-state index contributed by atoms with van der Waals surface area (Å²) in [5.41, 5.74) is 1.31. The topological polar surface area (TPSA) is 0 Å². The second-order valence-corrected chi connectivity index (χ2v) is 4.85. The highest BCUT2D eigenvalue weighted by Crippen LogP contribution is 2.08. The highest BCUT2D eigenvalue weighted by Gasteiger charge is 1.88. The van der Waals surface area contributed by atoms with E-state index in [1.165, 1.54) is 44.1 Å². The quantitative estimate of drug-likeness (QED) is 0.440. The first-order valence-corrected chi connectivity index (χ1v) is 7.33. The molecule has 0 N–H and O–H groups in total.